The molecule has 0 unspecified atom stereocenters. The summed E-state index contributed by atoms with van der Waals surface area (Å²) in [6.45, 7) is 1.34. The van der Waals surface area contributed by atoms with Crippen LogP contribution >= 0.6 is 0 Å². The van der Waals surface area contributed by atoms with Crippen LogP contribution in [0.5, 0.6) is 0 Å². The maximum atomic E-state index is 12.8. The van der Waals surface area contributed by atoms with Gasteiger partial charge in [-0.25, -0.2) is 9.69 Å². The molecule has 0 bridgehead atoms. The van der Waals surface area contributed by atoms with Crippen molar-refractivity contribution in [2.24, 2.45) is 0 Å². The highest BCUT2D eigenvalue weighted by atomic mass is 16.5. The molecule has 7 heteroatoms. The predicted molar refractivity (Wildman–Crippen MR) is 103 cm³/mol. The van der Waals surface area contributed by atoms with Crippen molar-refractivity contribution in [2.45, 2.75) is 18.6 Å². The molecule has 2 aromatic rings. The molecule has 4 amide bonds. The van der Waals surface area contributed by atoms with Gasteiger partial charge >= 0.3 is 6.03 Å². The topological polar surface area (TPSA) is 79.0 Å². The molecular formula is C21H21N3O4. The lowest BCUT2D eigenvalue weighted by molar-refractivity contribution is -0.140. The largest absolute Gasteiger partial charge is 0.370 e. The van der Waals surface area contributed by atoms with Crippen molar-refractivity contribution < 1.29 is 19.1 Å². The smallest absolute Gasteiger partial charge is 0.329 e. The maximum Gasteiger partial charge on any atom is 0.329 e. The Kier molecular flexibility index (Phi) is 5.08. The van der Waals surface area contributed by atoms with Crippen LogP contribution in [0.15, 0.2) is 60.7 Å². The number of benzene rings is 2. The van der Waals surface area contributed by atoms with Gasteiger partial charge in [0.1, 0.15) is 12.1 Å². The number of nitrogens with one attached hydrogen (secondary N) is 1. The van der Waals surface area contributed by atoms with Gasteiger partial charge in [-0.2, -0.15) is 0 Å². The first-order chi connectivity index (χ1) is 13.6. The van der Waals surface area contributed by atoms with Gasteiger partial charge in [-0.05, 0) is 17.7 Å². The number of hydrogen-bond donors (Lipinski definition) is 1. The van der Waals surface area contributed by atoms with E-state index in [1.165, 1.54) is 0 Å². The highest BCUT2D eigenvalue weighted by Gasteiger charge is 2.41. The highest BCUT2D eigenvalue weighted by molar-refractivity contribution is 6.22. The minimum atomic E-state index is -0.849. The lowest BCUT2D eigenvalue weighted by atomic mass is 10.1. The molecule has 7 nitrogen and oxygen atoms in total. The van der Waals surface area contributed by atoms with E-state index in [0.717, 1.165) is 10.5 Å². The van der Waals surface area contributed by atoms with Crippen LogP contribution in [-0.2, 0) is 14.3 Å². The number of carbonyl (C=O) groups excluding carboxylic acids is 3. The van der Waals surface area contributed by atoms with E-state index >= 15 is 0 Å². The number of morpholine rings is 1. The molecule has 2 aliphatic heterocycles. The van der Waals surface area contributed by atoms with Crippen LogP contribution in [0.2, 0.25) is 0 Å². The Morgan fingerprint density at radius 3 is 2.43 bits per heavy atom. The molecule has 1 N–H and O–H groups in total. The third kappa shape index (κ3) is 3.61. The average molecular weight is 379 g/mol. The van der Waals surface area contributed by atoms with Crippen molar-refractivity contribution in [1.82, 2.24) is 10.2 Å². The first-order valence-corrected chi connectivity index (χ1v) is 9.27. The summed E-state index contributed by atoms with van der Waals surface area (Å²) in [5, 5.41) is 2.62. The van der Waals surface area contributed by atoms with E-state index < -0.39 is 18.0 Å². The van der Waals surface area contributed by atoms with Crippen molar-refractivity contribution in [3.8, 4) is 0 Å². The fraction of sp³-hybridized carbons (Fsp3) is 0.286. The Labute approximate surface area is 162 Å². The molecule has 2 aliphatic rings. The Bertz CT molecular complexity index is 872. The molecule has 0 aromatic heterocycles. The second kappa shape index (κ2) is 7.82. The molecule has 2 aromatic carbocycles. The van der Waals surface area contributed by atoms with Crippen LogP contribution in [0.25, 0.3) is 0 Å². The molecule has 0 saturated carbocycles. The Morgan fingerprint density at radius 2 is 1.71 bits per heavy atom. The Morgan fingerprint density at radius 1 is 1.04 bits per heavy atom. The van der Waals surface area contributed by atoms with Gasteiger partial charge in [-0.15, -0.1) is 0 Å². The Balaban J connectivity index is 1.41. The number of rotatable bonds is 4. The number of amides is 4. The summed E-state index contributed by atoms with van der Waals surface area (Å²) < 4.78 is 5.79. The van der Waals surface area contributed by atoms with Gasteiger partial charge < -0.3 is 15.0 Å². The van der Waals surface area contributed by atoms with Gasteiger partial charge in [0.25, 0.3) is 5.91 Å². The fourth-order valence-electron chi connectivity index (χ4n) is 3.54. The van der Waals surface area contributed by atoms with Gasteiger partial charge in [0.05, 0.1) is 25.3 Å². The van der Waals surface area contributed by atoms with Crippen molar-refractivity contribution >= 4 is 23.5 Å². The van der Waals surface area contributed by atoms with Crippen LogP contribution in [0.3, 0.4) is 0 Å². The summed E-state index contributed by atoms with van der Waals surface area (Å²) in [5.41, 5.74) is 1.51. The van der Waals surface area contributed by atoms with Crippen LogP contribution in [0.4, 0.5) is 10.5 Å². The second-order valence-electron chi connectivity index (χ2n) is 6.83. The van der Waals surface area contributed by atoms with E-state index in [0.29, 0.717) is 25.4 Å². The first-order valence-electron chi connectivity index (χ1n) is 9.27. The fourth-order valence-corrected chi connectivity index (χ4v) is 3.54. The first kappa shape index (κ1) is 18.2. The zero-order chi connectivity index (χ0) is 19.5. The van der Waals surface area contributed by atoms with Crippen LogP contribution in [0, 0.1) is 0 Å². The van der Waals surface area contributed by atoms with E-state index in [4.69, 9.17) is 4.74 Å². The summed E-state index contributed by atoms with van der Waals surface area (Å²) in [5.74, 6) is -0.574. The van der Waals surface area contributed by atoms with E-state index in [1.807, 2.05) is 36.4 Å². The summed E-state index contributed by atoms with van der Waals surface area (Å²) in [7, 11) is 0. The number of nitrogens with zero attached hydrogens (tertiary/aromatic N) is 2. The monoisotopic (exact) mass is 379 g/mol. The molecule has 0 radical (unpaired) electrons. The van der Waals surface area contributed by atoms with Gasteiger partial charge in [-0.1, -0.05) is 48.5 Å². The summed E-state index contributed by atoms with van der Waals surface area (Å²) >= 11 is 0. The molecule has 2 fully saturated rings. The maximum absolute atomic E-state index is 12.8. The third-order valence-electron chi connectivity index (χ3n) is 5.00. The third-order valence-corrected chi connectivity index (χ3v) is 5.00. The summed E-state index contributed by atoms with van der Waals surface area (Å²) in [6.07, 6.45) is -0.247. The number of hydrogen-bond acceptors (Lipinski definition) is 4. The number of para-hydroxylation sites is 1. The van der Waals surface area contributed by atoms with Crippen LogP contribution in [0.1, 0.15) is 18.1 Å². The molecule has 2 atom stereocenters. The molecule has 4 rings (SSSR count). The van der Waals surface area contributed by atoms with E-state index in [1.54, 1.807) is 29.2 Å². The molecule has 2 saturated heterocycles. The molecule has 0 spiro atoms. The number of carbonyl (C=O) groups is 3. The van der Waals surface area contributed by atoms with Gasteiger partial charge in [0.15, 0.2) is 0 Å². The lowest BCUT2D eigenvalue weighted by Crippen LogP contribution is -2.45. The minimum Gasteiger partial charge on any atom is -0.370 e. The molecule has 0 aliphatic carbocycles. The number of urea groups is 1. The van der Waals surface area contributed by atoms with E-state index in [-0.39, 0.29) is 18.4 Å². The van der Waals surface area contributed by atoms with Gasteiger partial charge in [-0.3, -0.25) is 9.59 Å². The van der Waals surface area contributed by atoms with Crippen molar-refractivity contribution in [2.75, 3.05) is 24.6 Å². The predicted octanol–water partition coefficient (Wildman–Crippen LogP) is 2.10. The quantitative estimate of drug-likeness (QED) is 0.826. The van der Waals surface area contributed by atoms with Crippen molar-refractivity contribution in [3.63, 3.8) is 0 Å². The van der Waals surface area contributed by atoms with Crippen LogP contribution in [-0.4, -0.2) is 48.5 Å². The normalized spacial score (nSPS) is 22.3. The average Bonchev–Trinajstić information content (AvgIpc) is 3.02. The van der Waals surface area contributed by atoms with E-state index in [2.05, 4.69) is 5.32 Å². The van der Waals surface area contributed by atoms with Crippen LogP contribution < -0.4 is 10.2 Å². The number of imide groups is 1. The Hall–Kier alpha value is -3.19. The number of ether oxygens (including phenoxy) is 1. The van der Waals surface area contributed by atoms with Crippen molar-refractivity contribution in [3.05, 3.63) is 66.2 Å². The highest BCUT2D eigenvalue weighted by Crippen LogP contribution is 2.24. The zero-order valence-corrected chi connectivity index (χ0v) is 15.3. The summed E-state index contributed by atoms with van der Waals surface area (Å²) in [6, 6.07) is 17.1. The molecular weight excluding hydrogens is 358 g/mol. The van der Waals surface area contributed by atoms with Gasteiger partial charge in [0, 0.05) is 6.54 Å². The van der Waals surface area contributed by atoms with Crippen molar-refractivity contribution in [1.29, 1.82) is 0 Å². The molecule has 28 heavy (non-hydrogen) atoms. The van der Waals surface area contributed by atoms with E-state index in [9.17, 15) is 14.4 Å². The summed E-state index contributed by atoms with van der Waals surface area (Å²) in [4.78, 5) is 40.5. The minimum absolute atomic E-state index is 0.0601. The lowest BCUT2D eigenvalue weighted by Gasteiger charge is -2.33. The molecule has 2 heterocycles. The van der Waals surface area contributed by atoms with Gasteiger partial charge in [0.2, 0.25) is 5.91 Å². The zero-order valence-electron chi connectivity index (χ0n) is 15.3. The molecule has 144 valence electrons. The standard InChI is InChI=1S/C21H21N3O4/c25-19(23-11-12-28-18(14-23)15-7-3-1-4-8-15)13-17-20(26)24(21(27)22-17)16-9-5-2-6-10-16/h1-10,17-18H,11-14H2,(H,22,27)/t17-,18-/m1/s1. The SMILES string of the molecule is O=C(C[C@H]1NC(=O)N(c2ccccc2)C1=O)N1CCO[C@@H](c2ccccc2)C1. The number of anilines is 1. The second-order valence-corrected chi connectivity index (χ2v) is 6.83.